The largest absolute Gasteiger partial charge is 0.364 e. The van der Waals surface area contributed by atoms with E-state index in [1.54, 1.807) is 0 Å². The third-order valence-corrected chi connectivity index (χ3v) is 3.54. The van der Waals surface area contributed by atoms with Crippen molar-refractivity contribution in [2.45, 2.75) is 45.7 Å². The van der Waals surface area contributed by atoms with Crippen LogP contribution in [0.4, 0.5) is 0 Å². The van der Waals surface area contributed by atoms with E-state index in [-0.39, 0.29) is 5.41 Å². The molecule has 1 aromatic heterocycles. The second-order valence-corrected chi connectivity index (χ2v) is 6.17. The quantitative estimate of drug-likeness (QED) is 0.844. The molecule has 0 fully saturated rings. The standard InChI is InChI=1S/C17H24N2/c1-13(19-12-16-6-5-11-18-16)14-7-9-15(10-8-14)17(2,3)4/h5-11,13,18-19H,12H2,1-4H3. The molecule has 0 amide bonds. The molecular formula is C17H24N2. The Bertz CT molecular complexity index is 489. The van der Waals surface area contributed by atoms with E-state index in [9.17, 15) is 0 Å². The predicted octanol–water partition coefficient (Wildman–Crippen LogP) is 4.16. The van der Waals surface area contributed by atoms with E-state index in [1.807, 2.05) is 12.3 Å². The Labute approximate surface area is 116 Å². The lowest BCUT2D eigenvalue weighted by atomic mass is 9.86. The molecule has 1 aromatic carbocycles. The van der Waals surface area contributed by atoms with Gasteiger partial charge in [0.15, 0.2) is 0 Å². The zero-order chi connectivity index (χ0) is 13.9. The highest BCUT2D eigenvalue weighted by Crippen LogP contribution is 2.23. The molecule has 1 unspecified atom stereocenters. The van der Waals surface area contributed by atoms with E-state index in [0.717, 1.165) is 6.54 Å². The molecule has 2 heteroatoms. The van der Waals surface area contributed by atoms with Crippen LogP contribution in [0.15, 0.2) is 42.6 Å². The summed E-state index contributed by atoms with van der Waals surface area (Å²) >= 11 is 0. The molecule has 0 aliphatic carbocycles. The van der Waals surface area contributed by atoms with Crippen LogP contribution in [0.1, 0.15) is 50.6 Å². The van der Waals surface area contributed by atoms with Crippen LogP contribution in [0.2, 0.25) is 0 Å². The second kappa shape index (κ2) is 5.62. The molecule has 0 saturated heterocycles. The lowest BCUT2D eigenvalue weighted by Crippen LogP contribution is -2.18. The van der Waals surface area contributed by atoms with Crippen LogP contribution >= 0.6 is 0 Å². The molecule has 2 nitrogen and oxygen atoms in total. The van der Waals surface area contributed by atoms with Gasteiger partial charge in [0.05, 0.1) is 0 Å². The highest BCUT2D eigenvalue weighted by Gasteiger charge is 2.13. The van der Waals surface area contributed by atoms with Crippen molar-refractivity contribution in [2.24, 2.45) is 0 Å². The number of aromatic amines is 1. The summed E-state index contributed by atoms with van der Waals surface area (Å²) in [5.41, 5.74) is 4.16. The van der Waals surface area contributed by atoms with Crippen molar-refractivity contribution in [3.63, 3.8) is 0 Å². The molecule has 0 saturated carbocycles. The minimum absolute atomic E-state index is 0.222. The van der Waals surface area contributed by atoms with Crippen LogP contribution in [0, 0.1) is 0 Å². The number of hydrogen-bond donors (Lipinski definition) is 2. The minimum atomic E-state index is 0.222. The fourth-order valence-electron chi connectivity index (χ4n) is 2.13. The SMILES string of the molecule is CC(NCc1ccc[nH]1)c1ccc(C(C)(C)C)cc1. The summed E-state index contributed by atoms with van der Waals surface area (Å²) in [4.78, 5) is 3.21. The Hall–Kier alpha value is -1.54. The Balaban J connectivity index is 1.97. The fraction of sp³-hybridized carbons (Fsp3) is 0.412. The highest BCUT2D eigenvalue weighted by atomic mass is 14.9. The Morgan fingerprint density at radius 3 is 2.32 bits per heavy atom. The first kappa shape index (κ1) is 13.9. The lowest BCUT2D eigenvalue weighted by Gasteiger charge is -2.20. The van der Waals surface area contributed by atoms with E-state index < -0.39 is 0 Å². The maximum absolute atomic E-state index is 3.53. The van der Waals surface area contributed by atoms with Gasteiger partial charge in [0.25, 0.3) is 0 Å². The molecule has 1 heterocycles. The molecule has 2 rings (SSSR count). The van der Waals surface area contributed by atoms with Gasteiger partial charge in [-0.25, -0.2) is 0 Å². The van der Waals surface area contributed by atoms with Crippen molar-refractivity contribution in [3.8, 4) is 0 Å². The molecule has 0 aliphatic rings. The first-order valence-corrected chi connectivity index (χ1v) is 6.93. The van der Waals surface area contributed by atoms with Gasteiger partial charge in [-0.05, 0) is 35.6 Å². The zero-order valence-electron chi connectivity index (χ0n) is 12.3. The molecule has 19 heavy (non-hydrogen) atoms. The molecule has 0 bridgehead atoms. The summed E-state index contributed by atoms with van der Waals surface area (Å²) in [5, 5.41) is 3.53. The third kappa shape index (κ3) is 3.71. The van der Waals surface area contributed by atoms with Gasteiger partial charge >= 0.3 is 0 Å². The lowest BCUT2D eigenvalue weighted by molar-refractivity contribution is 0.565. The first-order valence-electron chi connectivity index (χ1n) is 6.93. The Morgan fingerprint density at radius 2 is 1.79 bits per heavy atom. The van der Waals surface area contributed by atoms with Gasteiger partial charge in [0.1, 0.15) is 0 Å². The van der Waals surface area contributed by atoms with Gasteiger partial charge < -0.3 is 10.3 Å². The Kier molecular flexibility index (Phi) is 4.11. The van der Waals surface area contributed by atoms with E-state index in [2.05, 4.69) is 68.3 Å². The summed E-state index contributed by atoms with van der Waals surface area (Å²) in [7, 11) is 0. The van der Waals surface area contributed by atoms with Crippen LogP contribution < -0.4 is 5.32 Å². The molecule has 0 radical (unpaired) electrons. The molecule has 1 atom stereocenters. The van der Waals surface area contributed by atoms with Crippen LogP contribution in [0.3, 0.4) is 0 Å². The van der Waals surface area contributed by atoms with E-state index in [4.69, 9.17) is 0 Å². The smallest absolute Gasteiger partial charge is 0.0362 e. The monoisotopic (exact) mass is 256 g/mol. The maximum Gasteiger partial charge on any atom is 0.0362 e. The summed E-state index contributed by atoms with van der Waals surface area (Å²) in [6, 6.07) is 13.4. The summed E-state index contributed by atoms with van der Waals surface area (Å²) in [6.07, 6.45) is 1.96. The van der Waals surface area contributed by atoms with Crippen LogP contribution in [0.5, 0.6) is 0 Å². The van der Waals surface area contributed by atoms with Crippen molar-refractivity contribution in [2.75, 3.05) is 0 Å². The van der Waals surface area contributed by atoms with Gasteiger partial charge in [-0.2, -0.15) is 0 Å². The average molecular weight is 256 g/mol. The molecule has 2 aromatic rings. The molecule has 0 spiro atoms. The molecule has 2 N–H and O–H groups in total. The topological polar surface area (TPSA) is 27.8 Å². The van der Waals surface area contributed by atoms with Crippen molar-refractivity contribution in [3.05, 3.63) is 59.4 Å². The molecule has 102 valence electrons. The normalized spacial score (nSPS) is 13.5. The van der Waals surface area contributed by atoms with Gasteiger partial charge in [-0.15, -0.1) is 0 Å². The van der Waals surface area contributed by atoms with Crippen molar-refractivity contribution < 1.29 is 0 Å². The molecule has 0 aliphatic heterocycles. The number of nitrogens with one attached hydrogen (secondary N) is 2. The summed E-state index contributed by atoms with van der Waals surface area (Å²) in [6.45, 7) is 9.81. The van der Waals surface area contributed by atoms with Crippen molar-refractivity contribution in [1.29, 1.82) is 0 Å². The van der Waals surface area contributed by atoms with Gasteiger partial charge in [-0.3, -0.25) is 0 Å². The van der Waals surface area contributed by atoms with Crippen LogP contribution in [0.25, 0.3) is 0 Å². The van der Waals surface area contributed by atoms with Gasteiger partial charge in [-0.1, -0.05) is 45.0 Å². The van der Waals surface area contributed by atoms with Crippen molar-refractivity contribution in [1.82, 2.24) is 10.3 Å². The predicted molar refractivity (Wildman–Crippen MR) is 81.2 cm³/mol. The number of rotatable bonds is 4. The second-order valence-electron chi connectivity index (χ2n) is 6.17. The first-order chi connectivity index (χ1) is 8.97. The zero-order valence-corrected chi connectivity index (χ0v) is 12.3. The highest BCUT2D eigenvalue weighted by molar-refractivity contribution is 5.29. The minimum Gasteiger partial charge on any atom is -0.364 e. The third-order valence-electron chi connectivity index (χ3n) is 3.54. The van der Waals surface area contributed by atoms with Gasteiger partial charge in [0, 0.05) is 24.5 Å². The maximum atomic E-state index is 3.53. The number of aromatic nitrogens is 1. The number of benzene rings is 1. The number of H-pyrrole nitrogens is 1. The number of hydrogen-bond acceptors (Lipinski definition) is 1. The van der Waals surface area contributed by atoms with Crippen molar-refractivity contribution >= 4 is 0 Å². The summed E-state index contributed by atoms with van der Waals surface area (Å²) < 4.78 is 0. The van der Waals surface area contributed by atoms with E-state index in [1.165, 1.54) is 16.8 Å². The van der Waals surface area contributed by atoms with E-state index >= 15 is 0 Å². The fourth-order valence-corrected chi connectivity index (χ4v) is 2.13. The average Bonchev–Trinajstić information content (AvgIpc) is 2.88. The van der Waals surface area contributed by atoms with E-state index in [0.29, 0.717) is 6.04 Å². The Morgan fingerprint density at radius 1 is 1.11 bits per heavy atom. The van der Waals surface area contributed by atoms with Gasteiger partial charge in [0.2, 0.25) is 0 Å². The van der Waals surface area contributed by atoms with Crippen LogP contribution in [-0.4, -0.2) is 4.98 Å². The molecular weight excluding hydrogens is 232 g/mol. The summed E-state index contributed by atoms with van der Waals surface area (Å²) in [5.74, 6) is 0. The van der Waals surface area contributed by atoms with Crippen LogP contribution in [-0.2, 0) is 12.0 Å².